The van der Waals surface area contributed by atoms with Gasteiger partial charge in [-0.15, -0.1) is 0 Å². The van der Waals surface area contributed by atoms with Crippen molar-refractivity contribution in [2.45, 2.75) is 33.1 Å². The SMILES string of the molecule is CC(C)=C(COC(=O)C(C)Oc1cc(Oc2ccc(C(F)(F)F)cc2Cl)ccc1[N+](=O)[O-])ON. The Hall–Kier alpha value is -3.51. The van der Waals surface area contributed by atoms with Gasteiger partial charge in [0.25, 0.3) is 0 Å². The van der Waals surface area contributed by atoms with Crippen LogP contribution >= 0.6 is 11.6 Å². The molecule has 0 amide bonds. The lowest BCUT2D eigenvalue weighted by atomic mass is 10.2. The van der Waals surface area contributed by atoms with Crippen LogP contribution in [0.5, 0.6) is 17.2 Å². The number of ether oxygens (including phenoxy) is 3. The number of esters is 1. The van der Waals surface area contributed by atoms with E-state index in [1.807, 2.05) is 0 Å². The van der Waals surface area contributed by atoms with Gasteiger partial charge in [-0.3, -0.25) is 10.1 Å². The minimum atomic E-state index is -4.59. The Morgan fingerprint density at radius 3 is 2.38 bits per heavy atom. The van der Waals surface area contributed by atoms with E-state index < -0.39 is 34.4 Å². The van der Waals surface area contributed by atoms with E-state index in [1.54, 1.807) is 13.8 Å². The summed E-state index contributed by atoms with van der Waals surface area (Å²) in [5.74, 6) is 3.95. The summed E-state index contributed by atoms with van der Waals surface area (Å²) in [6.07, 6.45) is -5.87. The topological polar surface area (TPSA) is 123 Å². The molecule has 0 aliphatic heterocycles. The summed E-state index contributed by atoms with van der Waals surface area (Å²) < 4.78 is 54.3. The van der Waals surface area contributed by atoms with E-state index in [2.05, 4.69) is 4.84 Å². The summed E-state index contributed by atoms with van der Waals surface area (Å²) in [5.41, 5.74) is -0.784. The standard InChI is InChI=1S/C21H20ClF3N2O7/c1-11(2)19(34-26)10-31-20(28)12(3)32-18-9-14(5-6-16(18)27(29)30)33-17-7-4-13(8-15(17)22)21(23,24)25/h4-9,12H,10,26H2,1-3H3. The summed E-state index contributed by atoms with van der Waals surface area (Å²) in [6, 6.07) is 5.80. The van der Waals surface area contributed by atoms with E-state index in [4.69, 9.17) is 31.7 Å². The number of carbonyl (C=O) groups excluding carboxylic acids is 1. The van der Waals surface area contributed by atoms with Crippen LogP contribution in [0.25, 0.3) is 0 Å². The Morgan fingerprint density at radius 1 is 1.18 bits per heavy atom. The number of nitrogens with two attached hydrogens (primary N) is 1. The lowest BCUT2D eigenvalue weighted by Gasteiger charge is -2.16. The van der Waals surface area contributed by atoms with Crippen LogP contribution in [-0.4, -0.2) is 23.6 Å². The van der Waals surface area contributed by atoms with E-state index in [1.165, 1.54) is 13.0 Å². The van der Waals surface area contributed by atoms with Crippen LogP contribution in [-0.2, 0) is 20.5 Å². The second-order valence-electron chi connectivity index (χ2n) is 7.04. The second kappa shape index (κ2) is 11.1. The molecule has 2 aromatic rings. The van der Waals surface area contributed by atoms with Gasteiger partial charge in [-0.1, -0.05) is 11.6 Å². The van der Waals surface area contributed by atoms with E-state index in [0.717, 1.165) is 24.3 Å². The van der Waals surface area contributed by atoms with Gasteiger partial charge in [0.15, 0.2) is 18.5 Å². The van der Waals surface area contributed by atoms with Gasteiger partial charge in [0.1, 0.15) is 11.5 Å². The van der Waals surface area contributed by atoms with Crippen LogP contribution in [0.4, 0.5) is 18.9 Å². The van der Waals surface area contributed by atoms with Crippen molar-refractivity contribution in [2.75, 3.05) is 6.61 Å². The average Bonchev–Trinajstić information content (AvgIpc) is 2.74. The van der Waals surface area contributed by atoms with Gasteiger partial charge in [-0.25, -0.2) is 4.79 Å². The van der Waals surface area contributed by atoms with Gasteiger partial charge in [0.05, 0.1) is 15.5 Å². The molecule has 0 aliphatic rings. The number of alkyl halides is 3. The van der Waals surface area contributed by atoms with Gasteiger partial charge >= 0.3 is 17.8 Å². The molecule has 1 atom stereocenters. The van der Waals surface area contributed by atoms with Gasteiger partial charge in [-0.05, 0) is 50.6 Å². The van der Waals surface area contributed by atoms with Crippen LogP contribution in [0, 0.1) is 10.1 Å². The zero-order valence-electron chi connectivity index (χ0n) is 18.1. The molecule has 2 rings (SSSR count). The van der Waals surface area contributed by atoms with Crippen LogP contribution in [0.3, 0.4) is 0 Å². The third-order valence-corrected chi connectivity index (χ3v) is 4.59. The molecule has 0 aliphatic carbocycles. The molecule has 0 fully saturated rings. The predicted molar refractivity (Wildman–Crippen MR) is 114 cm³/mol. The second-order valence-corrected chi connectivity index (χ2v) is 7.45. The monoisotopic (exact) mass is 504 g/mol. The van der Waals surface area contributed by atoms with Crippen molar-refractivity contribution < 1.29 is 41.9 Å². The number of hydrogen-bond donors (Lipinski definition) is 1. The molecule has 9 nitrogen and oxygen atoms in total. The van der Waals surface area contributed by atoms with Crippen molar-refractivity contribution >= 4 is 23.3 Å². The molecule has 2 aromatic carbocycles. The van der Waals surface area contributed by atoms with Gasteiger partial charge < -0.3 is 19.0 Å². The molecule has 184 valence electrons. The molecule has 0 heterocycles. The van der Waals surface area contributed by atoms with Crippen molar-refractivity contribution in [3.63, 3.8) is 0 Å². The molecular weight excluding hydrogens is 485 g/mol. The number of allylic oxidation sites excluding steroid dienone is 1. The average molecular weight is 505 g/mol. The largest absolute Gasteiger partial charge is 0.472 e. The fraction of sp³-hybridized carbons (Fsp3) is 0.286. The van der Waals surface area contributed by atoms with Crippen molar-refractivity contribution in [1.29, 1.82) is 0 Å². The number of nitrogens with zero attached hydrogens (tertiary/aromatic N) is 1. The molecule has 0 saturated carbocycles. The van der Waals surface area contributed by atoms with E-state index in [9.17, 15) is 28.1 Å². The van der Waals surface area contributed by atoms with Crippen molar-refractivity contribution in [2.24, 2.45) is 5.90 Å². The van der Waals surface area contributed by atoms with Crippen LogP contribution in [0.2, 0.25) is 5.02 Å². The molecule has 0 bridgehead atoms. The minimum absolute atomic E-state index is 0.0359. The zero-order chi connectivity index (χ0) is 25.6. The molecule has 2 N–H and O–H groups in total. The van der Waals surface area contributed by atoms with Crippen molar-refractivity contribution in [3.8, 4) is 17.2 Å². The number of carbonyl (C=O) groups is 1. The third kappa shape index (κ3) is 6.99. The summed E-state index contributed by atoms with van der Waals surface area (Å²) in [7, 11) is 0. The Kier molecular flexibility index (Phi) is 8.71. The smallest absolute Gasteiger partial charge is 0.416 e. The third-order valence-electron chi connectivity index (χ3n) is 4.30. The number of nitro groups is 1. The lowest BCUT2D eigenvalue weighted by molar-refractivity contribution is -0.386. The number of hydrogen-bond acceptors (Lipinski definition) is 8. The highest BCUT2D eigenvalue weighted by atomic mass is 35.5. The maximum Gasteiger partial charge on any atom is 0.416 e. The maximum absolute atomic E-state index is 12.8. The lowest BCUT2D eigenvalue weighted by Crippen LogP contribution is -2.27. The molecule has 0 spiro atoms. The fourth-order valence-electron chi connectivity index (χ4n) is 2.48. The highest BCUT2D eigenvalue weighted by Crippen LogP contribution is 2.38. The number of halogens is 4. The first-order valence-electron chi connectivity index (χ1n) is 9.53. The molecule has 1 unspecified atom stereocenters. The summed E-state index contributed by atoms with van der Waals surface area (Å²) >= 11 is 5.88. The van der Waals surface area contributed by atoms with Crippen LogP contribution in [0.1, 0.15) is 26.3 Å². The predicted octanol–water partition coefficient (Wildman–Crippen LogP) is 5.55. The van der Waals surface area contributed by atoms with Crippen molar-refractivity contribution in [3.05, 3.63) is 68.4 Å². The van der Waals surface area contributed by atoms with E-state index in [0.29, 0.717) is 11.6 Å². The van der Waals surface area contributed by atoms with Crippen molar-refractivity contribution in [1.82, 2.24) is 0 Å². The molecular formula is C21H20ClF3N2O7. The number of benzene rings is 2. The zero-order valence-corrected chi connectivity index (χ0v) is 18.9. The van der Waals surface area contributed by atoms with Crippen LogP contribution in [0.15, 0.2) is 47.7 Å². The van der Waals surface area contributed by atoms with Crippen LogP contribution < -0.4 is 15.4 Å². The molecule has 34 heavy (non-hydrogen) atoms. The quantitative estimate of drug-likeness (QED) is 0.204. The summed E-state index contributed by atoms with van der Waals surface area (Å²) in [4.78, 5) is 27.4. The first-order valence-corrected chi connectivity index (χ1v) is 9.90. The molecule has 0 saturated heterocycles. The van der Waals surface area contributed by atoms with Gasteiger partial charge in [0, 0.05) is 12.1 Å². The molecule has 13 heteroatoms. The number of rotatable bonds is 9. The first kappa shape index (κ1) is 26.7. The minimum Gasteiger partial charge on any atom is -0.472 e. The fourth-order valence-corrected chi connectivity index (χ4v) is 2.70. The Balaban J connectivity index is 2.22. The Morgan fingerprint density at radius 2 is 1.85 bits per heavy atom. The summed E-state index contributed by atoms with van der Waals surface area (Å²) in [5, 5.41) is 11.0. The Labute approximate surface area is 196 Å². The Bertz CT molecular complexity index is 1100. The first-order chi connectivity index (χ1) is 15.8. The van der Waals surface area contributed by atoms with E-state index in [-0.39, 0.29) is 34.6 Å². The summed E-state index contributed by atoms with van der Waals surface area (Å²) in [6.45, 7) is 4.41. The maximum atomic E-state index is 12.8. The molecule has 0 radical (unpaired) electrons. The van der Waals surface area contributed by atoms with E-state index >= 15 is 0 Å². The van der Waals surface area contributed by atoms with Gasteiger partial charge in [0.2, 0.25) is 5.75 Å². The number of nitro benzene ring substituents is 1. The normalized spacial score (nSPS) is 11.9. The van der Waals surface area contributed by atoms with Gasteiger partial charge in [-0.2, -0.15) is 19.1 Å². The highest BCUT2D eigenvalue weighted by Gasteiger charge is 2.31. The molecule has 0 aromatic heterocycles. The highest BCUT2D eigenvalue weighted by molar-refractivity contribution is 6.32.